The minimum Gasteiger partial charge on any atom is -0.453 e. The number of amides is 1. The molecule has 1 fully saturated rings. The lowest BCUT2D eigenvalue weighted by Crippen LogP contribution is -2.31. The fraction of sp³-hybridized carbons (Fsp3) is 0.353. The van der Waals surface area contributed by atoms with Gasteiger partial charge in [0.2, 0.25) is 5.76 Å². The van der Waals surface area contributed by atoms with Gasteiger partial charge in [-0.15, -0.1) is 0 Å². The first-order valence-electron chi connectivity index (χ1n) is 7.67. The number of piperidine rings is 1. The average molecular weight is 299 g/mol. The lowest BCUT2D eigenvalue weighted by atomic mass is 10.0. The lowest BCUT2D eigenvalue weighted by molar-refractivity contribution is 0.0925. The van der Waals surface area contributed by atoms with Crippen molar-refractivity contribution in [2.24, 2.45) is 5.84 Å². The summed E-state index contributed by atoms with van der Waals surface area (Å²) in [6.45, 7) is 3.89. The number of carbonyl (C=O) groups excluding carboxylic acids is 1. The summed E-state index contributed by atoms with van der Waals surface area (Å²) in [4.78, 5) is 14.4. The van der Waals surface area contributed by atoms with Crippen LogP contribution in [0.5, 0.6) is 0 Å². The summed E-state index contributed by atoms with van der Waals surface area (Å²) in [6, 6.07) is 9.86. The van der Waals surface area contributed by atoms with Gasteiger partial charge < -0.3 is 9.32 Å². The van der Waals surface area contributed by atoms with Crippen molar-refractivity contribution in [3.05, 3.63) is 41.9 Å². The van der Waals surface area contributed by atoms with E-state index in [1.54, 1.807) is 0 Å². The molecule has 22 heavy (non-hydrogen) atoms. The SMILES string of the molecule is Cc1oc(C(=O)NN)c(-c2ccccc2)c1N1CCCCC1. The number of hydrogen-bond donors (Lipinski definition) is 2. The molecule has 0 unspecified atom stereocenters. The van der Waals surface area contributed by atoms with Crippen LogP contribution in [-0.4, -0.2) is 19.0 Å². The normalized spacial score (nSPS) is 14.9. The van der Waals surface area contributed by atoms with Crippen LogP contribution in [0.3, 0.4) is 0 Å². The summed E-state index contributed by atoms with van der Waals surface area (Å²) < 4.78 is 5.77. The van der Waals surface area contributed by atoms with E-state index in [1.807, 2.05) is 37.3 Å². The van der Waals surface area contributed by atoms with Gasteiger partial charge in [0.25, 0.3) is 0 Å². The number of nitrogens with zero attached hydrogens (tertiary/aromatic N) is 1. The monoisotopic (exact) mass is 299 g/mol. The van der Waals surface area contributed by atoms with Crippen molar-refractivity contribution in [3.63, 3.8) is 0 Å². The van der Waals surface area contributed by atoms with Gasteiger partial charge >= 0.3 is 5.91 Å². The van der Waals surface area contributed by atoms with Crippen LogP contribution in [0.25, 0.3) is 11.1 Å². The van der Waals surface area contributed by atoms with Crippen molar-refractivity contribution >= 4 is 11.6 Å². The highest BCUT2D eigenvalue weighted by Gasteiger charge is 2.27. The van der Waals surface area contributed by atoms with Gasteiger partial charge in [0.1, 0.15) is 5.76 Å². The zero-order chi connectivity index (χ0) is 15.5. The van der Waals surface area contributed by atoms with Crippen molar-refractivity contribution in [3.8, 4) is 11.1 Å². The molecule has 3 rings (SSSR count). The first-order chi connectivity index (χ1) is 10.7. The van der Waals surface area contributed by atoms with Crippen molar-refractivity contribution in [1.82, 2.24) is 5.43 Å². The molecule has 0 bridgehead atoms. The fourth-order valence-corrected chi connectivity index (χ4v) is 3.13. The number of hydrazine groups is 1. The standard InChI is InChI=1S/C17H21N3O2/c1-12-15(20-10-6-3-7-11-20)14(13-8-4-2-5-9-13)16(22-12)17(21)19-18/h2,4-5,8-9H,3,6-7,10-11,18H2,1H3,(H,19,21). The molecule has 1 aliphatic rings. The number of benzene rings is 1. The first-order valence-corrected chi connectivity index (χ1v) is 7.67. The molecule has 1 aromatic carbocycles. The van der Waals surface area contributed by atoms with Crippen LogP contribution in [0.4, 0.5) is 5.69 Å². The van der Waals surface area contributed by atoms with E-state index >= 15 is 0 Å². The van der Waals surface area contributed by atoms with Crippen LogP contribution in [0.1, 0.15) is 35.6 Å². The summed E-state index contributed by atoms with van der Waals surface area (Å²) in [7, 11) is 0. The van der Waals surface area contributed by atoms with E-state index in [0.29, 0.717) is 0 Å². The highest BCUT2D eigenvalue weighted by molar-refractivity contribution is 6.02. The summed E-state index contributed by atoms with van der Waals surface area (Å²) in [6.07, 6.45) is 3.58. The molecule has 1 aromatic heterocycles. The maximum absolute atomic E-state index is 12.1. The van der Waals surface area contributed by atoms with Gasteiger partial charge in [-0.2, -0.15) is 0 Å². The summed E-state index contributed by atoms with van der Waals surface area (Å²) in [5.41, 5.74) is 5.01. The van der Waals surface area contributed by atoms with Gasteiger partial charge in [0.15, 0.2) is 0 Å². The minimum absolute atomic E-state index is 0.284. The van der Waals surface area contributed by atoms with Gasteiger partial charge in [0, 0.05) is 13.1 Å². The average Bonchev–Trinajstić information content (AvgIpc) is 2.93. The Hall–Kier alpha value is -2.27. The molecule has 5 heteroatoms. The molecular weight excluding hydrogens is 278 g/mol. The van der Waals surface area contributed by atoms with Crippen LogP contribution in [-0.2, 0) is 0 Å². The lowest BCUT2D eigenvalue weighted by Gasteiger charge is -2.29. The molecule has 116 valence electrons. The predicted molar refractivity (Wildman–Crippen MR) is 86.6 cm³/mol. The molecule has 1 aliphatic heterocycles. The third-order valence-electron chi connectivity index (χ3n) is 4.12. The van der Waals surface area contributed by atoms with Crippen molar-refractivity contribution in [2.75, 3.05) is 18.0 Å². The van der Waals surface area contributed by atoms with Gasteiger partial charge in [-0.1, -0.05) is 30.3 Å². The Kier molecular flexibility index (Phi) is 4.15. The fourth-order valence-electron chi connectivity index (χ4n) is 3.13. The third kappa shape index (κ3) is 2.60. The molecule has 3 N–H and O–H groups in total. The second-order valence-electron chi connectivity index (χ2n) is 5.60. The number of anilines is 1. The maximum Gasteiger partial charge on any atom is 0.301 e. The highest BCUT2D eigenvalue weighted by atomic mass is 16.4. The van der Waals surface area contributed by atoms with Crippen LogP contribution in [0.2, 0.25) is 0 Å². The highest BCUT2D eigenvalue weighted by Crippen LogP contribution is 2.40. The van der Waals surface area contributed by atoms with Gasteiger partial charge in [-0.05, 0) is 31.7 Å². The smallest absolute Gasteiger partial charge is 0.301 e. The molecular formula is C17H21N3O2. The molecule has 1 saturated heterocycles. The second kappa shape index (κ2) is 6.23. The van der Waals surface area contributed by atoms with Gasteiger partial charge in [0.05, 0.1) is 11.3 Å². The maximum atomic E-state index is 12.1. The van der Waals surface area contributed by atoms with E-state index in [2.05, 4.69) is 10.3 Å². The van der Waals surface area contributed by atoms with E-state index in [4.69, 9.17) is 10.3 Å². The number of rotatable bonds is 3. The Morgan fingerprint density at radius 1 is 1.18 bits per heavy atom. The molecule has 0 aliphatic carbocycles. The topological polar surface area (TPSA) is 71.5 Å². The Morgan fingerprint density at radius 2 is 1.86 bits per heavy atom. The molecule has 2 heterocycles. The van der Waals surface area contributed by atoms with Gasteiger partial charge in [-0.3, -0.25) is 10.2 Å². The molecule has 0 radical (unpaired) electrons. The number of nitrogens with two attached hydrogens (primary N) is 1. The number of carbonyl (C=O) groups is 1. The van der Waals surface area contributed by atoms with Crippen LogP contribution in [0, 0.1) is 6.92 Å². The van der Waals surface area contributed by atoms with Crippen LogP contribution in [0.15, 0.2) is 34.7 Å². The van der Waals surface area contributed by atoms with E-state index in [9.17, 15) is 4.79 Å². The molecule has 0 spiro atoms. The van der Waals surface area contributed by atoms with Crippen LogP contribution < -0.4 is 16.2 Å². The summed E-state index contributed by atoms with van der Waals surface area (Å²) >= 11 is 0. The number of aryl methyl sites for hydroxylation is 1. The van der Waals surface area contributed by atoms with E-state index in [0.717, 1.165) is 48.5 Å². The largest absolute Gasteiger partial charge is 0.453 e. The molecule has 0 atom stereocenters. The number of nitrogens with one attached hydrogen (secondary N) is 1. The summed E-state index contributed by atoms with van der Waals surface area (Å²) in [5.74, 6) is 5.97. The molecule has 5 nitrogen and oxygen atoms in total. The van der Waals surface area contributed by atoms with Crippen molar-refractivity contribution in [1.29, 1.82) is 0 Å². The van der Waals surface area contributed by atoms with Crippen molar-refractivity contribution < 1.29 is 9.21 Å². The number of hydrogen-bond acceptors (Lipinski definition) is 4. The molecule has 1 amide bonds. The quantitative estimate of drug-likeness (QED) is 0.519. The Bertz CT molecular complexity index is 658. The molecule has 2 aromatic rings. The zero-order valence-electron chi connectivity index (χ0n) is 12.8. The van der Waals surface area contributed by atoms with Crippen molar-refractivity contribution in [2.45, 2.75) is 26.2 Å². The Balaban J connectivity index is 2.15. The predicted octanol–water partition coefficient (Wildman–Crippen LogP) is 2.85. The first kappa shape index (κ1) is 14.7. The number of nitrogen functional groups attached to an aromatic ring is 1. The van der Waals surface area contributed by atoms with Crippen LogP contribution >= 0.6 is 0 Å². The Morgan fingerprint density at radius 3 is 2.50 bits per heavy atom. The van der Waals surface area contributed by atoms with E-state index < -0.39 is 5.91 Å². The molecule has 0 saturated carbocycles. The third-order valence-corrected chi connectivity index (χ3v) is 4.12. The zero-order valence-corrected chi connectivity index (χ0v) is 12.8. The summed E-state index contributed by atoms with van der Waals surface area (Å²) in [5, 5.41) is 0. The van der Waals surface area contributed by atoms with Gasteiger partial charge in [-0.25, -0.2) is 5.84 Å². The second-order valence-corrected chi connectivity index (χ2v) is 5.60. The minimum atomic E-state index is -0.398. The Labute approximate surface area is 130 Å². The van der Waals surface area contributed by atoms with E-state index in [1.165, 1.54) is 6.42 Å². The number of furan rings is 1. The van der Waals surface area contributed by atoms with E-state index in [-0.39, 0.29) is 5.76 Å².